The molecule has 1 rings (SSSR count). The first-order valence-electron chi connectivity index (χ1n) is 3.67. The third-order valence-electron chi connectivity index (χ3n) is 1.41. The highest BCUT2D eigenvalue weighted by Gasteiger charge is 2.30. The Morgan fingerprint density at radius 1 is 1.33 bits per heavy atom. The fraction of sp³-hybridized carbons (Fsp3) is 1.00. The second-order valence-electron chi connectivity index (χ2n) is 3.18. The molecule has 0 spiro atoms. The van der Waals surface area contributed by atoms with Crippen molar-refractivity contribution in [2.24, 2.45) is 0 Å². The van der Waals surface area contributed by atoms with Crippen molar-refractivity contribution in [2.75, 3.05) is 19.8 Å². The van der Waals surface area contributed by atoms with E-state index >= 15 is 0 Å². The van der Waals surface area contributed by atoms with Gasteiger partial charge in [0, 0.05) is 0 Å². The van der Waals surface area contributed by atoms with Crippen LogP contribution in [-0.2, 0) is 18.3 Å². The molecule has 72 valence electrons. The summed E-state index contributed by atoms with van der Waals surface area (Å²) in [6, 6.07) is 0. The van der Waals surface area contributed by atoms with Crippen LogP contribution in [0.3, 0.4) is 0 Å². The Bertz CT molecular complexity index is 202. The molecule has 6 heteroatoms. The molecule has 0 amide bonds. The van der Waals surface area contributed by atoms with Crippen molar-refractivity contribution >= 4 is 7.82 Å². The quantitative estimate of drug-likeness (QED) is 0.584. The van der Waals surface area contributed by atoms with E-state index in [1.807, 2.05) is 0 Å². The predicted octanol–water partition coefficient (Wildman–Crippen LogP) is 0.929. The first-order valence-corrected chi connectivity index (χ1v) is 5.17. The monoisotopic (exact) mass is 196 g/mol. The molecule has 0 aromatic carbocycles. The second-order valence-corrected chi connectivity index (χ2v) is 4.64. The van der Waals surface area contributed by atoms with Crippen molar-refractivity contribution in [2.45, 2.75) is 19.4 Å². The summed E-state index contributed by atoms with van der Waals surface area (Å²) >= 11 is 0. The van der Waals surface area contributed by atoms with Crippen molar-refractivity contribution in [1.29, 1.82) is 0 Å². The molecule has 0 aromatic heterocycles. The minimum absolute atomic E-state index is 0.0563. The van der Waals surface area contributed by atoms with E-state index < -0.39 is 13.4 Å². The molecule has 0 saturated carbocycles. The van der Waals surface area contributed by atoms with Crippen molar-refractivity contribution in [3.05, 3.63) is 0 Å². The van der Waals surface area contributed by atoms with Crippen molar-refractivity contribution in [3.63, 3.8) is 0 Å². The van der Waals surface area contributed by atoms with Crippen LogP contribution < -0.4 is 0 Å². The van der Waals surface area contributed by atoms with Crippen molar-refractivity contribution < 1.29 is 23.2 Å². The molecule has 0 aliphatic carbocycles. The van der Waals surface area contributed by atoms with Crippen LogP contribution in [0.1, 0.15) is 13.8 Å². The smallest absolute Gasteiger partial charge is 0.371 e. The average molecular weight is 196 g/mol. The maximum absolute atomic E-state index is 11.0. The summed E-state index contributed by atoms with van der Waals surface area (Å²) in [6.07, 6.45) is 0. The summed E-state index contributed by atoms with van der Waals surface area (Å²) in [5, 5.41) is 0. The minimum Gasteiger partial charge on any atom is -0.371 e. The molecule has 1 atom stereocenters. The molecule has 1 saturated heterocycles. The van der Waals surface area contributed by atoms with E-state index in [1.165, 1.54) is 0 Å². The number of phosphoric acid groups is 1. The van der Waals surface area contributed by atoms with Gasteiger partial charge in [-0.25, -0.2) is 4.57 Å². The topological polar surface area (TPSA) is 65.0 Å². The van der Waals surface area contributed by atoms with E-state index in [4.69, 9.17) is 9.63 Å². The van der Waals surface area contributed by atoms with Crippen LogP contribution in [0.4, 0.5) is 0 Å². The van der Waals surface area contributed by atoms with Crippen LogP contribution >= 0.6 is 7.82 Å². The Hall–Kier alpha value is 0.0700. The Morgan fingerprint density at radius 3 is 2.67 bits per heavy atom. The summed E-state index contributed by atoms with van der Waals surface area (Å²) in [6.45, 7) is 4.02. The van der Waals surface area contributed by atoms with E-state index in [2.05, 4.69) is 9.05 Å². The van der Waals surface area contributed by atoms with Gasteiger partial charge in [0.15, 0.2) is 0 Å². The molecular weight excluding hydrogens is 183 g/mol. The molecule has 1 aliphatic heterocycles. The highest BCUT2D eigenvalue weighted by Crippen LogP contribution is 2.44. The first-order chi connectivity index (χ1) is 5.41. The van der Waals surface area contributed by atoms with Gasteiger partial charge in [-0.1, -0.05) is 0 Å². The second kappa shape index (κ2) is 3.44. The fourth-order valence-corrected chi connectivity index (χ4v) is 1.64. The maximum Gasteiger partial charge on any atom is 0.472 e. The van der Waals surface area contributed by atoms with E-state index in [1.54, 1.807) is 13.8 Å². The fourth-order valence-electron chi connectivity index (χ4n) is 0.787. The SMILES string of the molecule is CC1(C)COP(=O)(O)OCCO1. The van der Waals surface area contributed by atoms with Crippen LogP contribution in [0.2, 0.25) is 0 Å². The van der Waals surface area contributed by atoms with Gasteiger partial charge in [0.25, 0.3) is 0 Å². The van der Waals surface area contributed by atoms with Gasteiger partial charge in [-0.15, -0.1) is 0 Å². The molecule has 0 aromatic rings. The lowest BCUT2D eigenvalue weighted by Crippen LogP contribution is -2.33. The lowest BCUT2D eigenvalue weighted by Gasteiger charge is -2.28. The Kier molecular flexibility index (Phi) is 2.91. The largest absolute Gasteiger partial charge is 0.472 e. The number of hydrogen-bond acceptors (Lipinski definition) is 4. The zero-order valence-electron chi connectivity index (χ0n) is 7.15. The van der Waals surface area contributed by atoms with Gasteiger partial charge >= 0.3 is 7.82 Å². The van der Waals surface area contributed by atoms with E-state index in [-0.39, 0.29) is 13.2 Å². The Labute approximate surface area is 71.2 Å². The Balaban J connectivity index is 2.57. The van der Waals surface area contributed by atoms with E-state index in [0.29, 0.717) is 6.61 Å². The summed E-state index contributed by atoms with van der Waals surface area (Å²) in [5.41, 5.74) is -0.526. The molecular formula is C6H13O5P. The molecule has 0 bridgehead atoms. The predicted molar refractivity (Wildman–Crippen MR) is 41.8 cm³/mol. The van der Waals surface area contributed by atoms with Gasteiger partial charge in [0.2, 0.25) is 0 Å². The van der Waals surface area contributed by atoms with E-state index in [0.717, 1.165) is 0 Å². The summed E-state index contributed by atoms with van der Waals surface area (Å²) < 4.78 is 25.4. The minimum atomic E-state index is -3.82. The van der Waals surface area contributed by atoms with Gasteiger partial charge < -0.3 is 9.63 Å². The molecule has 1 heterocycles. The number of hydrogen-bond donors (Lipinski definition) is 1. The maximum atomic E-state index is 11.0. The summed E-state index contributed by atoms with van der Waals surface area (Å²) in [7, 11) is -3.82. The van der Waals surface area contributed by atoms with Gasteiger partial charge in [-0.3, -0.25) is 9.05 Å². The highest BCUT2D eigenvalue weighted by atomic mass is 31.2. The third-order valence-corrected chi connectivity index (χ3v) is 2.37. The van der Waals surface area contributed by atoms with Crippen LogP contribution in [0.25, 0.3) is 0 Å². The highest BCUT2D eigenvalue weighted by molar-refractivity contribution is 7.47. The first kappa shape index (κ1) is 10.2. The summed E-state index contributed by atoms with van der Waals surface area (Å²) in [4.78, 5) is 8.97. The molecule has 1 aliphatic rings. The number of ether oxygens (including phenoxy) is 1. The van der Waals surface area contributed by atoms with Crippen molar-refractivity contribution in [1.82, 2.24) is 0 Å². The van der Waals surface area contributed by atoms with Gasteiger partial charge in [0.1, 0.15) is 0 Å². The lowest BCUT2D eigenvalue weighted by atomic mass is 10.1. The normalized spacial score (nSPS) is 36.9. The zero-order valence-corrected chi connectivity index (χ0v) is 8.04. The molecule has 12 heavy (non-hydrogen) atoms. The lowest BCUT2D eigenvalue weighted by molar-refractivity contribution is -0.0807. The molecule has 1 unspecified atom stereocenters. The Morgan fingerprint density at radius 2 is 2.00 bits per heavy atom. The number of rotatable bonds is 0. The van der Waals surface area contributed by atoms with Crippen molar-refractivity contribution in [3.8, 4) is 0 Å². The molecule has 1 N–H and O–H groups in total. The standard InChI is InChI=1S/C6H13O5P/c1-6(2)5-11-12(7,8)10-4-3-9-6/h3-5H2,1-2H3,(H,7,8). The van der Waals surface area contributed by atoms with E-state index in [9.17, 15) is 4.57 Å². The van der Waals surface area contributed by atoms with Gasteiger partial charge in [-0.05, 0) is 13.8 Å². The third kappa shape index (κ3) is 3.21. The van der Waals surface area contributed by atoms with Crippen LogP contribution in [0.5, 0.6) is 0 Å². The molecule has 5 nitrogen and oxygen atoms in total. The zero-order chi connectivity index (χ0) is 9.24. The number of phosphoric ester groups is 1. The average Bonchev–Trinajstić information content (AvgIpc) is 1.94. The van der Waals surface area contributed by atoms with Crippen LogP contribution in [-0.4, -0.2) is 30.3 Å². The molecule has 1 fully saturated rings. The van der Waals surface area contributed by atoms with Gasteiger partial charge in [-0.2, -0.15) is 0 Å². The summed E-state index contributed by atoms with van der Waals surface area (Å²) in [5.74, 6) is 0. The van der Waals surface area contributed by atoms with Gasteiger partial charge in [0.05, 0.1) is 25.4 Å². The van der Waals surface area contributed by atoms with Crippen LogP contribution in [0, 0.1) is 0 Å². The van der Waals surface area contributed by atoms with Crippen LogP contribution in [0.15, 0.2) is 0 Å². The molecule has 0 radical (unpaired) electrons.